The van der Waals surface area contributed by atoms with Crippen molar-refractivity contribution >= 4 is 6.03 Å². The van der Waals surface area contributed by atoms with Gasteiger partial charge >= 0.3 is 6.03 Å². The van der Waals surface area contributed by atoms with Gasteiger partial charge in [-0.1, -0.05) is 30.3 Å². The molecule has 24 heavy (non-hydrogen) atoms. The Labute approximate surface area is 144 Å². The van der Waals surface area contributed by atoms with E-state index in [2.05, 4.69) is 5.32 Å². The summed E-state index contributed by atoms with van der Waals surface area (Å²) in [7, 11) is 1.68. The van der Waals surface area contributed by atoms with Gasteiger partial charge in [-0.15, -0.1) is 0 Å². The van der Waals surface area contributed by atoms with Gasteiger partial charge in [0, 0.05) is 33.4 Å². The van der Waals surface area contributed by atoms with E-state index in [0.29, 0.717) is 18.6 Å². The lowest BCUT2D eigenvalue weighted by atomic mass is 9.90. The van der Waals surface area contributed by atoms with Crippen LogP contribution in [0, 0.1) is 5.92 Å². The number of amides is 2. The third-order valence-electron chi connectivity index (χ3n) is 5.21. The van der Waals surface area contributed by atoms with Gasteiger partial charge in [0.15, 0.2) is 0 Å². The van der Waals surface area contributed by atoms with Crippen LogP contribution in [0.25, 0.3) is 0 Å². The van der Waals surface area contributed by atoms with Crippen LogP contribution in [0.3, 0.4) is 0 Å². The molecule has 1 aromatic rings. The monoisotopic (exact) mass is 332 g/mol. The Morgan fingerprint density at radius 1 is 1.29 bits per heavy atom. The van der Waals surface area contributed by atoms with Crippen molar-refractivity contribution in [2.45, 2.75) is 37.9 Å². The molecule has 0 aliphatic carbocycles. The van der Waals surface area contributed by atoms with Gasteiger partial charge in [-0.25, -0.2) is 4.79 Å². The van der Waals surface area contributed by atoms with Crippen molar-refractivity contribution in [1.29, 1.82) is 0 Å². The van der Waals surface area contributed by atoms with E-state index in [9.17, 15) is 4.79 Å². The molecule has 2 fully saturated rings. The maximum Gasteiger partial charge on any atom is 0.317 e. The Hall–Kier alpha value is -1.59. The van der Waals surface area contributed by atoms with Crippen LogP contribution in [0.1, 0.15) is 37.4 Å². The quantitative estimate of drug-likeness (QED) is 0.902. The summed E-state index contributed by atoms with van der Waals surface area (Å²) in [6.07, 6.45) is 4.77. The van der Waals surface area contributed by atoms with Crippen molar-refractivity contribution in [3.05, 3.63) is 35.9 Å². The number of piperidine rings is 1. The van der Waals surface area contributed by atoms with Gasteiger partial charge in [-0.05, 0) is 37.2 Å². The number of hydrogen-bond donors (Lipinski definition) is 1. The predicted octanol–water partition coefficient (Wildman–Crippen LogP) is 2.97. The number of carbonyl (C=O) groups is 1. The molecule has 2 heterocycles. The Kier molecular flexibility index (Phi) is 6.10. The molecule has 2 aliphatic heterocycles. The number of benzene rings is 1. The summed E-state index contributed by atoms with van der Waals surface area (Å²) in [5, 5.41) is 3.02. The summed E-state index contributed by atoms with van der Waals surface area (Å²) in [5.74, 6) is 0.618. The maximum absolute atomic E-state index is 12.4. The molecule has 2 amide bonds. The summed E-state index contributed by atoms with van der Waals surface area (Å²) in [5.41, 5.74) is 1.08. The lowest BCUT2D eigenvalue weighted by Crippen LogP contribution is -2.46. The lowest BCUT2D eigenvalue weighted by Gasteiger charge is -2.34. The number of carbonyl (C=O) groups excluding carboxylic acids is 1. The minimum absolute atomic E-state index is 0.0128. The highest BCUT2D eigenvalue weighted by atomic mass is 16.5. The maximum atomic E-state index is 12.4. The fourth-order valence-electron chi connectivity index (χ4n) is 3.75. The topological polar surface area (TPSA) is 50.8 Å². The average molecular weight is 332 g/mol. The van der Waals surface area contributed by atoms with E-state index < -0.39 is 0 Å². The molecule has 0 saturated carbocycles. The molecular formula is C19H28N2O3. The van der Waals surface area contributed by atoms with Gasteiger partial charge < -0.3 is 19.7 Å². The first-order valence-electron chi connectivity index (χ1n) is 9.00. The highest BCUT2D eigenvalue weighted by molar-refractivity contribution is 5.74. The first kappa shape index (κ1) is 17.2. The van der Waals surface area contributed by atoms with Crippen LogP contribution in [0.5, 0.6) is 0 Å². The smallest absolute Gasteiger partial charge is 0.317 e. The number of nitrogens with zero attached hydrogens (tertiary/aromatic N) is 1. The molecule has 0 unspecified atom stereocenters. The summed E-state index contributed by atoms with van der Waals surface area (Å²) >= 11 is 0. The molecule has 0 aromatic heterocycles. The number of methoxy groups -OCH3 is 1. The van der Waals surface area contributed by atoms with Crippen molar-refractivity contribution < 1.29 is 14.3 Å². The summed E-state index contributed by atoms with van der Waals surface area (Å²) < 4.78 is 11.3. The highest BCUT2D eigenvalue weighted by Crippen LogP contribution is 2.28. The van der Waals surface area contributed by atoms with Crippen molar-refractivity contribution in [3.8, 4) is 0 Å². The zero-order valence-electron chi connectivity index (χ0n) is 14.4. The molecule has 3 rings (SSSR count). The summed E-state index contributed by atoms with van der Waals surface area (Å²) in [6, 6.07) is 10.0. The second kappa shape index (κ2) is 8.49. The van der Waals surface area contributed by atoms with Crippen LogP contribution in [0.4, 0.5) is 4.79 Å². The minimum Gasteiger partial charge on any atom is -0.378 e. The Bertz CT molecular complexity index is 509. The van der Waals surface area contributed by atoms with Crippen molar-refractivity contribution in [2.24, 2.45) is 5.92 Å². The zero-order chi connectivity index (χ0) is 16.8. The van der Waals surface area contributed by atoms with Crippen LogP contribution in [0.15, 0.2) is 30.3 Å². The third-order valence-corrected chi connectivity index (χ3v) is 5.21. The summed E-state index contributed by atoms with van der Waals surface area (Å²) in [6.45, 7) is 3.03. The van der Waals surface area contributed by atoms with E-state index in [0.717, 1.165) is 38.1 Å². The van der Waals surface area contributed by atoms with E-state index in [4.69, 9.17) is 9.47 Å². The number of hydrogen-bond acceptors (Lipinski definition) is 3. The molecule has 2 saturated heterocycles. The van der Waals surface area contributed by atoms with Crippen molar-refractivity contribution in [1.82, 2.24) is 10.2 Å². The predicted molar refractivity (Wildman–Crippen MR) is 92.9 cm³/mol. The number of ether oxygens (including phenoxy) is 2. The normalized spacial score (nSPS) is 23.2. The second-order valence-corrected chi connectivity index (χ2v) is 6.70. The van der Waals surface area contributed by atoms with Gasteiger partial charge in [-0.2, -0.15) is 0 Å². The minimum atomic E-state index is -0.112. The number of likely N-dealkylation sites (tertiary alicyclic amines) is 1. The molecular weight excluding hydrogens is 304 g/mol. The van der Waals surface area contributed by atoms with Gasteiger partial charge in [0.2, 0.25) is 0 Å². The SMILES string of the molecule is CO[C@H](CNC(=O)N1CCC([C@@H]2CCCO2)CC1)c1ccccc1. The fourth-order valence-corrected chi connectivity index (χ4v) is 3.75. The van der Waals surface area contributed by atoms with Gasteiger partial charge in [0.25, 0.3) is 0 Å². The van der Waals surface area contributed by atoms with Crippen LogP contribution in [0.2, 0.25) is 0 Å². The molecule has 2 aliphatic rings. The van der Waals surface area contributed by atoms with Crippen molar-refractivity contribution in [3.63, 3.8) is 0 Å². The Balaban J connectivity index is 1.44. The zero-order valence-corrected chi connectivity index (χ0v) is 14.4. The van der Waals surface area contributed by atoms with Crippen LogP contribution < -0.4 is 5.32 Å². The standard InChI is InChI=1S/C19H28N2O3/c1-23-18(15-6-3-2-4-7-15)14-20-19(22)21-11-9-16(10-12-21)17-8-5-13-24-17/h2-4,6-7,16-18H,5,8-14H2,1H3,(H,20,22)/t17-,18+/m0/s1. The van der Waals surface area contributed by atoms with Crippen molar-refractivity contribution in [2.75, 3.05) is 33.4 Å². The molecule has 1 aromatic carbocycles. The van der Waals surface area contributed by atoms with E-state index in [-0.39, 0.29) is 12.1 Å². The Morgan fingerprint density at radius 2 is 2.04 bits per heavy atom. The number of nitrogens with one attached hydrogen (secondary N) is 1. The van der Waals surface area contributed by atoms with E-state index in [1.165, 1.54) is 12.8 Å². The highest BCUT2D eigenvalue weighted by Gasteiger charge is 2.30. The van der Waals surface area contributed by atoms with Gasteiger partial charge in [0.1, 0.15) is 0 Å². The molecule has 5 nitrogen and oxygen atoms in total. The molecule has 0 spiro atoms. The number of rotatable bonds is 5. The van der Waals surface area contributed by atoms with E-state index >= 15 is 0 Å². The molecule has 0 radical (unpaired) electrons. The summed E-state index contributed by atoms with van der Waals surface area (Å²) in [4.78, 5) is 14.3. The van der Waals surface area contributed by atoms with Crippen LogP contribution >= 0.6 is 0 Å². The van der Waals surface area contributed by atoms with E-state index in [1.807, 2.05) is 35.2 Å². The molecule has 132 valence electrons. The number of urea groups is 1. The molecule has 5 heteroatoms. The van der Waals surface area contributed by atoms with E-state index in [1.54, 1.807) is 7.11 Å². The fraction of sp³-hybridized carbons (Fsp3) is 0.632. The van der Waals surface area contributed by atoms with Gasteiger partial charge in [0.05, 0.1) is 12.2 Å². The molecule has 1 N–H and O–H groups in total. The average Bonchev–Trinajstić information content (AvgIpc) is 3.18. The lowest BCUT2D eigenvalue weighted by molar-refractivity contribution is 0.0367. The van der Waals surface area contributed by atoms with Crippen LogP contribution in [-0.2, 0) is 9.47 Å². The van der Waals surface area contributed by atoms with Gasteiger partial charge in [-0.3, -0.25) is 0 Å². The first-order valence-corrected chi connectivity index (χ1v) is 9.00. The molecule has 0 bridgehead atoms. The first-order chi connectivity index (χ1) is 11.8. The largest absolute Gasteiger partial charge is 0.378 e. The third kappa shape index (κ3) is 4.28. The Morgan fingerprint density at radius 3 is 2.67 bits per heavy atom. The second-order valence-electron chi connectivity index (χ2n) is 6.70. The van der Waals surface area contributed by atoms with Crippen LogP contribution in [-0.4, -0.2) is 50.4 Å². The molecule has 2 atom stereocenters.